The number of hydrogen-bond donors (Lipinski definition) is 3. The van der Waals surface area contributed by atoms with Crippen molar-refractivity contribution in [2.75, 3.05) is 38.7 Å². The van der Waals surface area contributed by atoms with Gasteiger partial charge in [0.05, 0.1) is 11.5 Å². The fourth-order valence-electron chi connectivity index (χ4n) is 3.63. The summed E-state index contributed by atoms with van der Waals surface area (Å²) >= 11 is 0. The molecule has 35 heavy (non-hydrogen) atoms. The average Bonchev–Trinajstić information content (AvgIpc) is 2.71. The second-order valence-corrected chi connectivity index (χ2v) is 9.80. The topological polar surface area (TPSA) is 155 Å². The van der Waals surface area contributed by atoms with Crippen molar-refractivity contribution in [2.45, 2.75) is 53.1 Å². The van der Waals surface area contributed by atoms with E-state index in [0.717, 1.165) is 6.07 Å². The molecule has 0 atom stereocenters. The van der Waals surface area contributed by atoms with Gasteiger partial charge in [-0.1, -0.05) is 32.9 Å². The summed E-state index contributed by atoms with van der Waals surface area (Å²) in [6, 6.07) is 2.47. The van der Waals surface area contributed by atoms with Crippen LogP contribution in [-0.4, -0.2) is 55.9 Å². The number of amides is 2. The minimum atomic E-state index is -0.801. The minimum Gasteiger partial charge on any atom is -0.491 e. The molecular weight excluding hydrogens is 456 g/mol. The molecule has 0 aliphatic rings. The van der Waals surface area contributed by atoms with Gasteiger partial charge in [0.1, 0.15) is 11.4 Å². The zero-order valence-electron chi connectivity index (χ0n) is 21.4. The van der Waals surface area contributed by atoms with Gasteiger partial charge in [0.15, 0.2) is 5.69 Å². The van der Waals surface area contributed by atoms with E-state index in [1.807, 2.05) is 13.8 Å². The number of carbonyl (C=O) groups is 2. The highest BCUT2D eigenvalue weighted by molar-refractivity contribution is 5.95. The van der Waals surface area contributed by atoms with Gasteiger partial charge in [-0.05, 0) is 31.7 Å². The molecule has 4 N–H and O–H groups in total. The van der Waals surface area contributed by atoms with Gasteiger partial charge in [0, 0.05) is 44.9 Å². The zero-order chi connectivity index (χ0) is 26.6. The van der Waals surface area contributed by atoms with Crippen LogP contribution in [0.1, 0.15) is 57.8 Å². The Balaban J connectivity index is 2.77. The molecule has 0 spiro atoms. The second kappa shape index (κ2) is 13.5. The molecule has 0 saturated heterocycles. The Labute approximate surface area is 206 Å². The van der Waals surface area contributed by atoms with Gasteiger partial charge in [-0.3, -0.25) is 14.9 Å². The van der Waals surface area contributed by atoms with E-state index in [4.69, 9.17) is 19.9 Å². The van der Waals surface area contributed by atoms with Crippen molar-refractivity contribution in [2.24, 2.45) is 11.1 Å². The van der Waals surface area contributed by atoms with Gasteiger partial charge in [0.2, 0.25) is 5.91 Å². The summed E-state index contributed by atoms with van der Waals surface area (Å²) < 4.78 is 16.1. The van der Waals surface area contributed by atoms with Crippen molar-refractivity contribution < 1.29 is 28.7 Å². The van der Waals surface area contributed by atoms with E-state index in [9.17, 15) is 19.7 Å². The Kier molecular flexibility index (Phi) is 11.5. The van der Waals surface area contributed by atoms with Crippen LogP contribution in [0.15, 0.2) is 24.3 Å². The molecule has 1 aromatic carbocycles. The molecule has 0 aliphatic carbocycles. The number of anilines is 1. The van der Waals surface area contributed by atoms with Crippen molar-refractivity contribution in [1.29, 1.82) is 0 Å². The molecule has 0 aliphatic heterocycles. The van der Waals surface area contributed by atoms with Gasteiger partial charge in [-0.15, -0.1) is 0 Å². The highest BCUT2D eigenvalue weighted by Gasteiger charge is 2.29. The van der Waals surface area contributed by atoms with Crippen LogP contribution in [0.25, 0.3) is 0 Å². The van der Waals surface area contributed by atoms with Crippen LogP contribution in [0.5, 0.6) is 5.75 Å². The SMILES string of the molecule is COCCCOc1cc(C(N)=O)cc([N+](=O)[O-])c1NC/C=C/CNC(=O)OC(C)(C)CC(C)(C)C. The molecule has 196 valence electrons. The van der Waals surface area contributed by atoms with Gasteiger partial charge in [0.25, 0.3) is 5.69 Å². The van der Waals surface area contributed by atoms with Gasteiger partial charge in [-0.2, -0.15) is 0 Å². The van der Waals surface area contributed by atoms with Crippen molar-refractivity contribution in [1.82, 2.24) is 5.32 Å². The first-order valence-electron chi connectivity index (χ1n) is 11.4. The number of nitrogens with two attached hydrogens (primary N) is 1. The predicted molar refractivity (Wildman–Crippen MR) is 134 cm³/mol. The molecule has 0 bridgehead atoms. The molecular formula is C24H38N4O7. The summed E-state index contributed by atoms with van der Waals surface area (Å²) in [5.74, 6) is -0.662. The second-order valence-electron chi connectivity index (χ2n) is 9.80. The Morgan fingerprint density at radius 1 is 1.11 bits per heavy atom. The average molecular weight is 495 g/mol. The number of nitro groups is 1. The highest BCUT2D eigenvalue weighted by Crippen LogP contribution is 2.36. The number of primary amides is 1. The Bertz CT molecular complexity index is 908. The van der Waals surface area contributed by atoms with Crippen LogP contribution in [0.2, 0.25) is 0 Å². The molecule has 11 heteroatoms. The maximum Gasteiger partial charge on any atom is 0.407 e. The van der Waals surface area contributed by atoms with Crippen molar-refractivity contribution in [3.8, 4) is 5.75 Å². The third-order valence-electron chi connectivity index (χ3n) is 4.57. The van der Waals surface area contributed by atoms with Crippen LogP contribution in [0.4, 0.5) is 16.2 Å². The van der Waals surface area contributed by atoms with Crippen LogP contribution >= 0.6 is 0 Å². The lowest BCUT2D eigenvalue weighted by Gasteiger charge is -2.31. The predicted octanol–water partition coefficient (Wildman–Crippen LogP) is 4.02. The molecule has 1 rings (SSSR count). The summed E-state index contributed by atoms with van der Waals surface area (Å²) in [6.07, 6.45) is 4.12. The molecule has 0 saturated carbocycles. The summed E-state index contributed by atoms with van der Waals surface area (Å²) in [4.78, 5) is 34.7. The number of methoxy groups -OCH3 is 1. The smallest absolute Gasteiger partial charge is 0.407 e. The Hall–Kier alpha value is -3.34. The van der Waals surface area contributed by atoms with E-state index in [1.54, 1.807) is 19.3 Å². The number of ether oxygens (including phenoxy) is 3. The number of hydrogen-bond acceptors (Lipinski definition) is 8. The number of nitrogens with one attached hydrogen (secondary N) is 2. The van der Waals surface area contributed by atoms with Crippen molar-refractivity contribution >= 4 is 23.4 Å². The van der Waals surface area contributed by atoms with Crippen LogP contribution in [0.3, 0.4) is 0 Å². The van der Waals surface area contributed by atoms with Crippen molar-refractivity contribution in [3.05, 3.63) is 40.0 Å². The highest BCUT2D eigenvalue weighted by atomic mass is 16.6. The molecule has 11 nitrogen and oxygen atoms in total. The third kappa shape index (κ3) is 11.6. The number of carbonyl (C=O) groups excluding carboxylic acids is 2. The summed E-state index contributed by atoms with van der Waals surface area (Å²) in [6.45, 7) is 11.1. The summed E-state index contributed by atoms with van der Waals surface area (Å²) in [7, 11) is 1.55. The Morgan fingerprint density at radius 3 is 2.34 bits per heavy atom. The van der Waals surface area contributed by atoms with E-state index in [-0.39, 0.29) is 47.8 Å². The number of alkyl carbamates (subject to hydrolysis) is 1. The molecule has 1 aromatic rings. The van der Waals surface area contributed by atoms with E-state index < -0.39 is 22.5 Å². The van der Waals surface area contributed by atoms with Gasteiger partial charge >= 0.3 is 6.09 Å². The van der Waals surface area contributed by atoms with E-state index in [1.165, 1.54) is 6.07 Å². The summed E-state index contributed by atoms with van der Waals surface area (Å²) in [5, 5.41) is 17.2. The molecule has 0 radical (unpaired) electrons. The minimum absolute atomic E-state index is 0.0138. The fourth-order valence-corrected chi connectivity index (χ4v) is 3.63. The van der Waals surface area contributed by atoms with Crippen LogP contribution in [-0.2, 0) is 9.47 Å². The van der Waals surface area contributed by atoms with Gasteiger partial charge in [-0.25, -0.2) is 4.79 Å². The van der Waals surface area contributed by atoms with E-state index >= 15 is 0 Å². The third-order valence-corrected chi connectivity index (χ3v) is 4.57. The first kappa shape index (κ1) is 29.7. The monoisotopic (exact) mass is 494 g/mol. The quantitative estimate of drug-likeness (QED) is 0.152. The Morgan fingerprint density at radius 2 is 1.77 bits per heavy atom. The largest absolute Gasteiger partial charge is 0.491 e. The first-order valence-corrected chi connectivity index (χ1v) is 11.4. The lowest BCUT2D eigenvalue weighted by Crippen LogP contribution is -2.37. The lowest BCUT2D eigenvalue weighted by molar-refractivity contribution is -0.384. The van der Waals surface area contributed by atoms with Gasteiger partial charge < -0.3 is 30.6 Å². The number of benzene rings is 1. The molecule has 0 fully saturated rings. The fraction of sp³-hybridized carbons (Fsp3) is 0.583. The van der Waals surface area contributed by atoms with E-state index in [0.29, 0.717) is 19.4 Å². The maximum absolute atomic E-state index is 12.1. The summed E-state index contributed by atoms with van der Waals surface area (Å²) in [5.41, 5.74) is 4.48. The molecule has 0 aromatic heterocycles. The van der Waals surface area contributed by atoms with Crippen LogP contribution < -0.4 is 21.1 Å². The zero-order valence-corrected chi connectivity index (χ0v) is 21.4. The standard InChI is InChI=1S/C24H38N4O7/c1-23(2,3)16-24(4,5)35-22(30)27-11-8-7-10-26-20-18(28(31)32)14-17(21(25)29)15-19(20)34-13-9-12-33-6/h7-8,14-15,26H,9-13,16H2,1-6H3,(H2,25,29)(H,27,30)/b8-7+. The van der Waals surface area contributed by atoms with E-state index in [2.05, 4.69) is 31.4 Å². The molecule has 2 amide bonds. The lowest BCUT2D eigenvalue weighted by atomic mass is 9.84. The molecule has 0 heterocycles. The molecule has 0 unspecified atom stereocenters. The number of rotatable bonds is 14. The van der Waals surface area contributed by atoms with Crippen molar-refractivity contribution in [3.63, 3.8) is 0 Å². The van der Waals surface area contributed by atoms with Crippen LogP contribution in [0, 0.1) is 15.5 Å². The normalized spacial score (nSPS) is 11.8. The first-order chi connectivity index (χ1) is 16.3. The maximum atomic E-state index is 12.1. The number of nitro benzene ring substituents is 1. The number of nitrogens with zero attached hydrogens (tertiary/aromatic N) is 1.